The van der Waals surface area contributed by atoms with Crippen molar-refractivity contribution in [2.45, 2.75) is 175 Å². The van der Waals surface area contributed by atoms with Crippen LogP contribution >= 0.6 is 0 Å². The molecule has 0 aromatic carbocycles. The van der Waals surface area contributed by atoms with Gasteiger partial charge in [0.2, 0.25) is 11.8 Å². The van der Waals surface area contributed by atoms with Crippen LogP contribution < -0.4 is 11.5 Å². The molecule has 0 heterocycles. The molecule has 0 saturated heterocycles. The lowest BCUT2D eigenvalue weighted by atomic mass is 10.1. The van der Waals surface area contributed by atoms with Crippen LogP contribution in [-0.2, 0) is 9.59 Å². The minimum absolute atomic E-state index is 0.166. The number of carbonyl (C=O) groups excluding carboxylic acids is 2. The largest absolute Gasteiger partial charge is 0.370 e. The zero-order valence-corrected chi connectivity index (χ0v) is 26.5. The third-order valence-electron chi connectivity index (χ3n) is 6.37. The minimum Gasteiger partial charge on any atom is -0.370 e. The van der Waals surface area contributed by atoms with Gasteiger partial charge in [-0.3, -0.25) is 9.59 Å². The highest BCUT2D eigenvalue weighted by Crippen LogP contribution is 2.10. The zero-order valence-electron chi connectivity index (χ0n) is 26.5. The maximum absolute atomic E-state index is 10.5. The average Bonchev–Trinajstić information content (AvgIpc) is 2.90. The number of carbonyl (C=O) groups is 2. The third-order valence-corrected chi connectivity index (χ3v) is 6.37. The first-order chi connectivity index (χ1) is 19.0. The molecule has 4 heteroatoms. The maximum Gasteiger partial charge on any atom is 0.217 e. The van der Waals surface area contributed by atoms with Gasteiger partial charge in [0.05, 0.1) is 0 Å². The average molecular weight is 549 g/mol. The van der Waals surface area contributed by atoms with E-state index in [2.05, 4.69) is 44.7 Å². The Morgan fingerprint density at radius 1 is 0.487 bits per heavy atom. The summed E-state index contributed by atoms with van der Waals surface area (Å²) >= 11 is 0. The summed E-state index contributed by atoms with van der Waals surface area (Å²) < 4.78 is 0. The predicted molar refractivity (Wildman–Crippen MR) is 175 cm³/mol. The number of allylic oxidation sites excluding steroid dienone is 5. The summed E-state index contributed by atoms with van der Waals surface area (Å²) in [4.78, 5) is 21.0. The highest BCUT2D eigenvalue weighted by Gasteiger charge is 1.95. The standard InChI is InChI=1S/2C16H31NO.C3H6/c2*1-2-3-4-5-6-7-8-9-10-11-12-13-14-15-16(17)18;1-3-2/h2*7-8H,2-6,9-15H2,1H3,(H2,17,18);3H,1H2,2H3/b2*8-7-;. The van der Waals surface area contributed by atoms with Crippen molar-refractivity contribution in [2.24, 2.45) is 11.5 Å². The molecule has 0 aliphatic carbocycles. The van der Waals surface area contributed by atoms with Gasteiger partial charge in [0.15, 0.2) is 0 Å². The quantitative estimate of drug-likeness (QED) is 0.0831. The van der Waals surface area contributed by atoms with Gasteiger partial charge in [-0.2, -0.15) is 0 Å². The molecule has 0 rings (SSSR count). The second kappa shape index (κ2) is 40.7. The van der Waals surface area contributed by atoms with Crippen LogP contribution in [0.4, 0.5) is 0 Å². The van der Waals surface area contributed by atoms with E-state index in [1.807, 2.05) is 6.92 Å². The van der Waals surface area contributed by atoms with Crippen LogP contribution in [-0.4, -0.2) is 11.8 Å². The van der Waals surface area contributed by atoms with Crippen molar-refractivity contribution in [3.8, 4) is 0 Å². The molecular formula is C35H68N2O2. The molecule has 0 spiro atoms. The summed E-state index contributed by atoms with van der Waals surface area (Å²) in [5.41, 5.74) is 10.2. The normalized spacial score (nSPS) is 10.6. The third kappa shape index (κ3) is 53.2. The second-order valence-electron chi connectivity index (χ2n) is 10.6. The van der Waals surface area contributed by atoms with E-state index in [1.54, 1.807) is 6.08 Å². The fourth-order valence-electron chi connectivity index (χ4n) is 4.03. The smallest absolute Gasteiger partial charge is 0.217 e. The summed E-state index contributed by atoms with van der Waals surface area (Å²) in [6.07, 6.45) is 39.7. The summed E-state index contributed by atoms with van der Waals surface area (Å²) in [6.45, 7) is 9.75. The summed E-state index contributed by atoms with van der Waals surface area (Å²) in [6, 6.07) is 0. The number of nitrogens with two attached hydrogens (primary N) is 2. The van der Waals surface area contributed by atoms with Crippen LogP contribution in [0.15, 0.2) is 37.0 Å². The maximum atomic E-state index is 10.5. The lowest BCUT2D eigenvalue weighted by Gasteiger charge is -1.98. The van der Waals surface area contributed by atoms with E-state index in [-0.39, 0.29) is 11.8 Å². The SMILES string of the molecule is C=CC.CCCCCC/C=C\CCCCCCCC(N)=O.CCCCCC/C=C\CCCCCCCC(N)=O. The Kier molecular flexibility index (Phi) is 43.4. The topological polar surface area (TPSA) is 86.2 Å². The first-order valence-electron chi connectivity index (χ1n) is 16.4. The Morgan fingerprint density at radius 2 is 0.718 bits per heavy atom. The molecule has 4 N–H and O–H groups in total. The molecule has 0 unspecified atom stereocenters. The van der Waals surface area contributed by atoms with Crippen molar-refractivity contribution >= 4 is 11.8 Å². The fraction of sp³-hybridized carbons (Fsp3) is 0.771. The van der Waals surface area contributed by atoms with Gasteiger partial charge in [-0.25, -0.2) is 0 Å². The van der Waals surface area contributed by atoms with E-state index in [0.717, 1.165) is 25.7 Å². The van der Waals surface area contributed by atoms with Crippen molar-refractivity contribution in [3.05, 3.63) is 37.0 Å². The van der Waals surface area contributed by atoms with Crippen molar-refractivity contribution in [1.82, 2.24) is 0 Å². The molecule has 39 heavy (non-hydrogen) atoms. The van der Waals surface area contributed by atoms with Gasteiger partial charge in [-0.05, 0) is 71.1 Å². The Morgan fingerprint density at radius 3 is 0.974 bits per heavy atom. The van der Waals surface area contributed by atoms with E-state index in [1.165, 1.54) is 116 Å². The van der Waals surface area contributed by atoms with E-state index in [4.69, 9.17) is 11.5 Å². The monoisotopic (exact) mass is 549 g/mol. The number of rotatable bonds is 26. The van der Waals surface area contributed by atoms with Crippen LogP contribution in [0.5, 0.6) is 0 Å². The summed E-state index contributed by atoms with van der Waals surface area (Å²) in [5.74, 6) is -0.331. The van der Waals surface area contributed by atoms with Gasteiger partial charge in [-0.1, -0.05) is 121 Å². The zero-order chi connectivity index (χ0) is 29.7. The van der Waals surface area contributed by atoms with Gasteiger partial charge < -0.3 is 11.5 Å². The number of amides is 2. The lowest BCUT2D eigenvalue weighted by Crippen LogP contribution is -2.09. The molecule has 0 aromatic rings. The Labute approximate surface area is 244 Å². The molecule has 4 nitrogen and oxygen atoms in total. The predicted octanol–water partition coefficient (Wildman–Crippen LogP) is 10.7. The highest BCUT2D eigenvalue weighted by molar-refractivity contribution is 5.73. The minimum atomic E-state index is -0.166. The highest BCUT2D eigenvalue weighted by atomic mass is 16.1. The molecule has 0 aromatic heterocycles. The van der Waals surface area contributed by atoms with Gasteiger partial charge in [-0.15, -0.1) is 6.58 Å². The number of unbranched alkanes of at least 4 members (excludes halogenated alkanes) is 18. The molecular weight excluding hydrogens is 480 g/mol. The van der Waals surface area contributed by atoms with Crippen molar-refractivity contribution in [1.29, 1.82) is 0 Å². The molecule has 0 bridgehead atoms. The molecule has 2 amide bonds. The van der Waals surface area contributed by atoms with Gasteiger partial charge in [0, 0.05) is 12.8 Å². The summed E-state index contributed by atoms with van der Waals surface area (Å²) in [7, 11) is 0. The van der Waals surface area contributed by atoms with Crippen LogP contribution in [0.2, 0.25) is 0 Å². The van der Waals surface area contributed by atoms with Gasteiger partial charge in [0.1, 0.15) is 0 Å². The number of hydrogen-bond donors (Lipinski definition) is 2. The molecule has 0 aliphatic rings. The van der Waals surface area contributed by atoms with Crippen LogP contribution in [0, 0.1) is 0 Å². The van der Waals surface area contributed by atoms with Gasteiger partial charge >= 0.3 is 0 Å². The molecule has 230 valence electrons. The molecule has 0 fully saturated rings. The van der Waals surface area contributed by atoms with E-state index >= 15 is 0 Å². The van der Waals surface area contributed by atoms with Crippen molar-refractivity contribution in [2.75, 3.05) is 0 Å². The van der Waals surface area contributed by atoms with E-state index < -0.39 is 0 Å². The molecule has 0 saturated carbocycles. The molecule has 0 radical (unpaired) electrons. The molecule has 0 aliphatic heterocycles. The van der Waals surface area contributed by atoms with E-state index in [0.29, 0.717) is 12.8 Å². The Balaban J connectivity index is -0.000000603. The number of hydrogen-bond acceptors (Lipinski definition) is 2. The Hall–Kier alpha value is -1.84. The number of primary amides is 2. The van der Waals surface area contributed by atoms with Crippen LogP contribution in [0.3, 0.4) is 0 Å². The van der Waals surface area contributed by atoms with Crippen LogP contribution in [0.1, 0.15) is 175 Å². The lowest BCUT2D eigenvalue weighted by molar-refractivity contribution is -0.119. The van der Waals surface area contributed by atoms with Crippen LogP contribution in [0.25, 0.3) is 0 Å². The van der Waals surface area contributed by atoms with Crippen molar-refractivity contribution < 1.29 is 9.59 Å². The van der Waals surface area contributed by atoms with Crippen molar-refractivity contribution in [3.63, 3.8) is 0 Å². The van der Waals surface area contributed by atoms with E-state index in [9.17, 15) is 9.59 Å². The molecule has 0 atom stereocenters. The summed E-state index contributed by atoms with van der Waals surface area (Å²) in [5, 5.41) is 0. The first-order valence-corrected chi connectivity index (χ1v) is 16.4. The first kappa shape index (κ1) is 41.6. The second-order valence-corrected chi connectivity index (χ2v) is 10.6. The Bertz CT molecular complexity index is 509. The van der Waals surface area contributed by atoms with Gasteiger partial charge in [0.25, 0.3) is 0 Å². The fourth-order valence-corrected chi connectivity index (χ4v) is 4.03.